The molecule has 0 radical (unpaired) electrons. The molecule has 0 spiro atoms. The van der Waals surface area contributed by atoms with Crippen LogP contribution in [0.15, 0.2) is 217 Å². The number of para-hydroxylation sites is 2. The first-order valence-corrected chi connectivity index (χ1v) is 18.1. The van der Waals surface area contributed by atoms with Crippen LogP contribution in [0.3, 0.4) is 0 Å². The number of hydrogen-bond donors (Lipinski definition) is 0. The van der Waals surface area contributed by atoms with E-state index in [4.69, 9.17) is 4.42 Å². The van der Waals surface area contributed by atoms with E-state index in [1.54, 1.807) is 0 Å². The minimum absolute atomic E-state index is 0.486. The average molecular weight is 694 g/mol. The Morgan fingerprint density at radius 2 is 0.593 bits per heavy atom. The topological polar surface area (TPSA) is 42.2 Å². The fraction of sp³-hybridized carbons (Fsp3) is 0. The Morgan fingerprint density at radius 1 is 0.259 bits per heavy atom. The maximum absolute atomic E-state index is 6.27. The van der Waals surface area contributed by atoms with Gasteiger partial charge < -0.3 is 9.32 Å². The van der Waals surface area contributed by atoms with Crippen LogP contribution in [0, 0.1) is 0 Å². The molecule has 0 N–H and O–H groups in total. The van der Waals surface area contributed by atoms with Crippen molar-refractivity contribution in [2.45, 2.75) is 0 Å². The summed E-state index contributed by atoms with van der Waals surface area (Å²) < 4.78 is 6.27. The second-order valence-corrected chi connectivity index (χ2v) is 13.0. The highest BCUT2D eigenvalue weighted by molar-refractivity contribution is 5.92. The Bertz CT molecular complexity index is 2590. The van der Waals surface area contributed by atoms with Crippen molar-refractivity contribution in [2.75, 3.05) is 4.90 Å². The lowest BCUT2D eigenvalue weighted by Gasteiger charge is -2.25. The van der Waals surface area contributed by atoms with Gasteiger partial charge in [-0.3, -0.25) is 0 Å². The highest BCUT2D eigenvalue weighted by atomic mass is 16.4. The molecule has 4 heteroatoms. The summed E-state index contributed by atoms with van der Waals surface area (Å²) in [5.74, 6) is 0.982. The molecule has 1 heterocycles. The molecule has 0 aliphatic carbocycles. The molecule has 0 atom stereocenters. The Balaban J connectivity index is 1.02. The second-order valence-electron chi connectivity index (χ2n) is 13.0. The summed E-state index contributed by atoms with van der Waals surface area (Å²) in [6, 6.07) is 73.9. The molecule has 0 saturated carbocycles. The molecule has 0 saturated heterocycles. The molecule has 0 bridgehead atoms. The third-order valence-corrected chi connectivity index (χ3v) is 9.72. The largest absolute Gasteiger partial charge is 0.416 e. The Kier molecular flexibility index (Phi) is 8.90. The fourth-order valence-corrected chi connectivity index (χ4v) is 7.11. The first-order chi connectivity index (χ1) is 26.8. The molecule has 0 aliphatic heterocycles. The molecule has 1 aromatic heterocycles. The molecular formula is C50H35N3O. The first kappa shape index (κ1) is 32.6. The second kappa shape index (κ2) is 14.7. The Morgan fingerprint density at radius 3 is 1.11 bits per heavy atom. The van der Waals surface area contributed by atoms with Crippen LogP contribution in [-0.4, -0.2) is 10.2 Å². The van der Waals surface area contributed by atoms with E-state index in [2.05, 4.69) is 191 Å². The van der Waals surface area contributed by atoms with Crippen LogP contribution in [-0.2, 0) is 0 Å². The van der Waals surface area contributed by atoms with E-state index in [1.165, 1.54) is 11.1 Å². The van der Waals surface area contributed by atoms with Crippen molar-refractivity contribution >= 4 is 17.1 Å². The Labute approximate surface area is 315 Å². The minimum atomic E-state index is 0.486. The van der Waals surface area contributed by atoms with E-state index >= 15 is 0 Å². The molecule has 9 rings (SSSR count). The molecule has 0 aliphatic rings. The van der Waals surface area contributed by atoms with Crippen LogP contribution in [0.2, 0.25) is 0 Å². The van der Waals surface area contributed by atoms with E-state index < -0.39 is 0 Å². The number of nitrogens with zero attached hydrogens (tertiary/aromatic N) is 3. The lowest BCUT2D eigenvalue weighted by Crippen LogP contribution is -2.09. The summed E-state index contributed by atoms with van der Waals surface area (Å²) in [4.78, 5) is 2.29. The maximum atomic E-state index is 6.27. The summed E-state index contributed by atoms with van der Waals surface area (Å²) in [5.41, 5.74) is 14.2. The van der Waals surface area contributed by atoms with E-state index in [0.29, 0.717) is 11.8 Å². The normalized spacial score (nSPS) is 11.0. The third-order valence-electron chi connectivity index (χ3n) is 9.72. The first-order valence-electron chi connectivity index (χ1n) is 18.1. The minimum Gasteiger partial charge on any atom is -0.416 e. The standard InChI is InChI=1S/C50H35N3O/c1-4-16-36(17-5-1)45-24-12-15-27-48(45)50-52-51-49(54-50)39-30-28-37(29-31-39)43-22-10-13-25-46(43)47-26-14-11-23-44(47)38-32-34-42(35-33-38)53(40-18-6-2-7-19-40)41-20-8-3-9-21-41/h1-35H. The van der Waals surface area contributed by atoms with Crippen LogP contribution in [0.1, 0.15) is 0 Å². The molecule has 0 unspecified atom stereocenters. The highest BCUT2D eigenvalue weighted by Crippen LogP contribution is 2.41. The zero-order chi connectivity index (χ0) is 36.1. The van der Waals surface area contributed by atoms with Gasteiger partial charge in [-0.15, -0.1) is 10.2 Å². The highest BCUT2D eigenvalue weighted by Gasteiger charge is 2.17. The third kappa shape index (κ3) is 6.49. The molecular weight excluding hydrogens is 659 g/mol. The van der Waals surface area contributed by atoms with Crippen LogP contribution >= 0.6 is 0 Å². The molecule has 0 amide bonds. The van der Waals surface area contributed by atoms with E-state index in [-0.39, 0.29) is 0 Å². The molecule has 0 fully saturated rings. The van der Waals surface area contributed by atoms with Crippen molar-refractivity contribution < 1.29 is 4.42 Å². The number of benzene rings is 8. The van der Waals surface area contributed by atoms with E-state index in [1.807, 2.05) is 36.4 Å². The smallest absolute Gasteiger partial charge is 0.248 e. The summed E-state index contributed by atoms with van der Waals surface area (Å²) in [5, 5.41) is 8.89. The zero-order valence-corrected chi connectivity index (χ0v) is 29.5. The SMILES string of the molecule is c1ccc(-c2ccccc2-c2nnc(-c3ccc(-c4ccccc4-c4ccccc4-c4ccc(N(c5ccccc5)c5ccccc5)cc4)cc3)o2)cc1. The predicted molar refractivity (Wildman–Crippen MR) is 222 cm³/mol. The molecule has 4 nitrogen and oxygen atoms in total. The van der Waals surface area contributed by atoms with Crippen molar-refractivity contribution in [2.24, 2.45) is 0 Å². The van der Waals surface area contributed by atoms with Gasteiger partial charge in [0.25, 0.3) is 0 Å². The summed E-state index contributed by atoms with van der Waals surface area (Å²) >= 11 is 0. The summed E-state index contributed by atoms with van der Waals surface area (Å²) in [6.07, 6.45) is 0. The van der Waals surface area contributed by atoms with E-state index in [9.17, 15) is 0 Å². The lowest BCUT2D eigenvalue weighted by molar-refractivity contribution is 0.585. The van der Waals surface area contributed by atoms with Gasteiger partial charge in [0, 0.05) is 28.2 Å². The lowest BCUT2D eigenvalue weighted by atomic mass is 9.89. The number of hydrogen-bond acceptors (Lipinski definition) is 4. The molecule has 8 aromatic carbocycles. The molecule has 256 valence electrons. The Hall–Kier alpha value is -7.30. The van der Waals surface area contributed by atoms with Gasteiger partial charge in [-0.05, 0) is 99.1 Å². The molecule has 54 heavy (non-hydrogen) atoms. The number of aromatic nitrogens is 2. The van der Waals surface area contributed by atoms with Crippen molar-refractivity contribution in [3.05, 3.63) is 212 Å². The van der Waals surface area contributed by atoms with Gasteiger partial charge in [0.15, 0.2) is 0 Å². The van der Waals surface area contributed by atoms with E-state index in [0.717, 1.165) is 61.6 Å². The summed E-state index contributed by atoms with van der Waals surface area (Å²) in [6.45, 7) is 0. The van der Waals surface area contributed by atoms with Gasteiger partial charge in [-0.2, -0.15) is 0 Å². The van der Waals surface area contributed by atoms with Gasteiger partial charge in [0.1, 0.15) is 0 Å². The van der Waals surface area contributed by atoms with Crippen molar-refractivity contribution in [3.8, 4) is 67.4 Å². The van der Waals surface area contributed by atoms with Crippen LogP contribution in [0.4, 0.5) is 17.1 Å². The average Bonchev–Trinajstić information content (AvgIpc) is 3.76. The van der Waals surface area contributed by atoms with Crippen molar-refractivity contribution in [1.29, 1.82) is 0 Å². The van der Waals surface area contributed by atoms with Gasteiger partial charge in [-0.1, -0.05) is 158 Å². The summed E-state index contributed by atoms with van der Waals surface area (Å²) in [7, 11) is 0. The van der Waals surface area contributed by atoms with Crippen molar-refractivity contribution in [1.82, 2.24) is 10.2 Å². The maximum Gasteiger partial charge on any atom is 0.248 e. The van der Waals surface area contributed by atoms with Gasteiger partial charge >= 0.3 is 0 Å². The van der Waals surface area contributed by atoms with Crippen LogP contribution in [0.5, 0.6) is 0 Å². The fourth-order valence-electron chi connectivity index (χ4n) is 7.11. The number of rotatable bonds is 9. The quantitative estimate of drug-likeness (QED) is 0.151. The van der Waals surface area contributed by atoms with Crippen molar-refractivity contribution in [3.63, 3.8) is 0 Å². The predicted octanol–water partition coefficient (Wildman–Crippen LogP) is 13.5. The van der Waals surface area contributed by atoms with Gasteiger partial charge in [-0.25, -0.2) is 0 Å². The van der Waals surface area contributed by atoms with Crippen LogP contribution < -0.4 is 4.90 Å². The van der Waals surface area contributed by atoms with Crippen LogP contribution in [0.25, 0.3) is 67.4 Å². The van der Waals surface area contributed by atoms with Gasteiger partial charge in [0.05, 0.1) is 0 Å². The molecule has 9 aromatic rings. The number of anilines is 3. The van der Waals surface area contributed by atoms with Gasteiger partial charge in [0.2, 0.25) is 11.8 Å². The zero-order valence-electron chi connectivity index (χ0n) is 29.5. The monoisotopic (exact) mass is 693 g/mol.